The lowest BCUT2D eigenvalue weighted by molar-refractivity contribution is -0.132. The van der Waals surface area contributed by atoms with Crippen molar-refractivity contribution < 1.29 is 9.59 Å². The van der Waals surface area contributed by atoms with E-state index in [1.165, 1.54) is 0 Å². The highest BCUT2D eigenvalue weighted by Crippen LogP contribution is 2.31. The van der Waals surface area contributed by atoms with Crippen molar-refractivity contribution in [1.29, 1.82) is 0 Å². The van der Waals surface area contributed by atoms with Gasteiger partial charge in [-0.05, 0) is 61.3 Å². The Labute approximate surface area is 199 Å². The number of aryl methyl sites for hydroxylation is 1. The van der Waals surface area contributed by atoms with Gasteiger partial charge in [-0.15, -0.1) is 5.10 Å². The number of piperidine rings is 1. The summed E-state index contributed by atoms with van der Waals surface area (Å²) in [5, 5.41) is 4.40. The van der Waals surface area contributed by atoms with Crippen molar-refractivity contribution in [3.8, 4) is 5.69 Å². The molecule has 1 aromatic carbocycles. The second kappa shape index (κ2) is 9.75. The van der Waals surface area contributed by atoms with Gasteiger partial charge in [-0.1, -0.05) is 24.3 Å². The van der Waals surface area contributed by atoms with Gasteiger partial charge in [0.05, 0.1) is 12.1 Å². The topological polar surface area (TPSA) is 84.2 Å². The van der Waals surface area contributed by atoms with E-state index in [1.54, 1.807) is 23.4 Å². The number of amides is 2. The molecule has 4 heterocycles. The van der Waals surface area contributed by atoms with E-state index in [-0.39, 0.29) is 17.6 Å². The molecule has 8 heteroatoms. The maximum absolute atomic E-state index is 13.0. The zero-order valence-corrected chi connectivity index (χ0v) is 19.5. The van der Waals surface area contributed by atoms with Gasteiger partial charge in [0.2, 0.25) is 11.7 Å². The van der Waals surface area contributed by atoms with Crippen LogP contribution in [0.4, 0.5) is 0 Å². The Morgan fingerprint density at radius 1 is 1.00 bits per heavy atom. The summed E-state index contributed by atoms with van der Waals surface area (Å²) in [5.74, 6) is 1.10. The van der Waals surface area contributed by atoms with Crippen molar-refractivity contribution in [3.05, 3.63) is 72.1 Å². The van der Waals surface area contributed by atoms with E-state index < -0.39 is 0 Å². The molecule has 3 aromatic rings. The zero-order chi connectivity index (χ0) is 23.5. The molecule has 2 saturated heterocycles. The molecular weight excluding hydrogens is 428 g/mol. The van der Waals surface area contributed by atoms with Crippen molar-refractivity contribution >= 4 is 11.8 Å². The van der Waals surface area contributed by atoms with Crippen LogP contribution in [0.15, 0.2) is 55.1 Å². The molecule has 8 nitrogen and oxygen atoms in total. The molecule has 2 aliphatic heterocycles. The quantitative estimate of drug-likeness (QED) is 0.587. The Morgan fingerprint density at radius 2 is 1.79 bits per heavy atom. The smallest absolute Gasteiger partial charge is 0.293 e. The van der Waals surface area contributed by atoms with E-state index >= 15 is 0 Å². The summed E-state index contributed by atoms with van der Waals surface area (Å²) in [6.07, 6.45) is 8.63. The molecule has 0 spiro atoms. The van der Waals surface area contributed by atoms with E-state index in [9.17, 15) is 9.59 Å². The van der Waals surface area contributed by atoms with Crippen molar-refractivity contribution in [1.82, 2.24) is 29.5 Å². The third-order valence-corrected chi connectivity index (χ3v) is 6.98. The zero-order valence-electron chi connectivity index (χ0n) is 19.5. The predicted molar refractivity (Wildman–Crippen MR) is 127 cm³/mol. The molecule has 2 atom stereocenters. The van der Waals surface area contributed by atoms with Crippen LogP contribution in [-0.4, -0.2) is 67.5 Å². The molecule has 0 bridgehead atoms. The average Bonchev–Trinajstić information content (AvgIpc) is 3.55. The molecule has 0 aliphatic carbocycles. The van der Waals surface area contributed by atoms with Gasteiger partial charge >= 0.3 is 0 Å². The molecule has 2 amide bonds. The normalized spacial score (nSPS) is 20.5. The van der Waals surface area contributed by atoms with E-state index in [2.05, 4.69) is 15.1 Å². The highest BCUT2D eigenvalue weighted by atomic mass is 16.2. The van der Waals surface area contributed by atoms with Crippen LogP contribution in [0.3, 0.4) is 0 Å². The number of benzene rings is 1. The van der Waals surface area contributed by atoms with Crippen molar-refractivity contribution in [2.75, 3.05) is 26.2 Å². The molecule has 0 radical (unpaired) electrons. The number of carbonyl (C=O) groups is 2. The molecule has 176 valence electrons. The Kier molecular flexibility index (Phi) is 6.38. The van der Waals surface area contributed by atoms with Gasteiger partial charge in [-0.2, -0.15) is 0 Å². The third-order valence-electron chi connectivity index (χ3n) is 6.98. The van der Waals surface area contributed by atoms with E-state index in [0.29, 0.717) is 31.3 Å². The first-order valence-electron chi connectivity index (χ1n) is 12.0. The van der Waals surface area contributed by atoms with Gasteiger partial charge in [0, 0.05) is 38.6 Å². The van der Waals surface area contributed by atoms with Crippen LogP contribution in [0.25, 0.3) is 5.69 Å². The minimum atomic E-state index is -0.118. The van der Waals surface area contributed by atoms with Gasteiger partial charge < -0.3 is 9.80 Å². The third kappa shape index (κ3) is 4.85. The molecule has 2 unspecified atom stereocenters. The standard InChI is InChI=1S/C26H30N6O2/c1-19-12-20(15-27-14-19)13-24(33)30-10-5-6-21(16-30)22-9-11-31(17-22)26(34)25-28-18-32(29-25)23-7-3-2-4-8-23/h2-4,7-8,12,14-15,18,21-22H,5-6,9-11,13,16-17H2,1H3. The Balaban J connectivity index is 1.18. The lowest BCUT2D eigenvalue weighted by Crippen LogP contribution is -2.43. The molecule has 2 fully saturated rings. The number of pyridine rings is 1. The molecule has 0 saturated carbocycles. The first-order valence-corrected chi connectivity index (χ1v) is 12.0. The van der Waals surface area contributed by atoms with Crippen LogP contribution in [0.2, 0.25) is 0 Å². The van der Waals surface area contributed by atoms with Gasteiger partial charge in [-0.3, -0.25) is 14.6 Å². The SMILES string of the molecule is Cc1cncc(CC(=O)N2CCCC(C3CCN(C(=O)c4ncn(-c5ccccc5)n4)C3)C2)c1. The summed E-state index contributed by atoms with van der Waals surface area (Å²) in [5.41, 5.74) is 2.91. The van der Waals surface area contributed by atoms with Gasteiger partial charge in [-0.25, -0.2) is 9.67 Å². The minimum Gasteiger partial charge on any atom is -0.342 e. The van der Waals surface area contributed by atoms with Crippen LogP contribution >= 0.6 is 0 Å². The number of hydrogen-bond donors (Lipinski definition) is 0. The average molecular weight is 459 g/mol. The first-order chi connectivity index (χ1) is 16.6. The molecule has 34 heavy (non-hydrogen) atoms. The lowest BCUT2D eigenvalue weighted by Gasteiger charge is -2.36. The predicted octanol–water partition coefficient (Wildman–Crippen LogP) is 2.91. The molecule has 5 rings (SSSR count). The van der Waals surface area contributed by atoms with Crippen molar-refractivity contribution in [2.45, 2.75) is 32.6 Å². The molecular formula is C26H30N6O2. The fraction of sp³-hybridized carbons (Fsp3) is 0.423. The molecule has 2 aromatic heterocycles. The van der Waals surface area contributed by atoms with Gasteiger partial charge in [0.15, 0.2) is 0 Å². The van der Waals surface area contributed by atoms with Crippen LogP contribution < -0.4 is 0 Å². The fourth-order valence-corrected chi connectivity index (χ4v) is 5.19. The fourth-order valence-electron chi connectivity index (χ4n) is 5.19. The molecule has 2 aliphatic rings. The summed E-state index contributed by atoms with van der Waals surface area (Å²) in [4.78, 5) is 38.3. The Morgan fingerprint density at radius 3 is 2.62 bits per heavy atom. The van der Waals surface area contributed by atoms with Crippen molar-refractivity contribution in [2.24, 2.45) is 11.8 Å². The number of aromatic nitrogens is 4. The maximum Gasteiger partial charge on any atom is 0.293 e. The second-order valence-corrected chi connectivity index (χ2v) is 9.44. The van der Waals surface area contributed by atoms with Crippen molar-refractivity contribution in [3.63, 3.8) is 0 Å². The summed E-state index contributed by atoms with van der Waals surface area (Å²) in [6, 6.07) is 11.7. The first kappa shape index (κ1) is 22.3. The largest absolute Gasteiger partial charge is 0.342 e. The summed E-state index contributed by atoms with van der Waals surface area (Å²) >= 11 is 0. The highest BCUT2D eigenvalue weighted by molar-refractivity contribution is 5.90. The molecule has 0 N–H and O–H groups in total. The van der Waals surface area contributed by atoms with Crippen LogP contribution in [-0.2, 0) is 11.2 Å². The number of nitrogens with zero attached hydrogens (tertiary/aromatic N) is 6. The van der Waals surface area contributed by atoms with Crippen LogP contribution in [0, 0.1) is 18.8 Å². The highest BCUT2D eigenvalue weighted by Gasteiger charge is 2.36. The number of para-hydroxylation sites is 1. The summed E-state index contributed by atoms with van der Waals surface area (Å²) < 4.78 is 1.63. The van der Waals surface area contributed by atoms with Crippen LogP contribution in [0.5, 0.6) is 0 Å². The Hall–Kier alpha value is -3.55. The minimum absolute atomic E-state index is 0.118. The Bertz CT molecular complexity index is 1160. The van der Waals surface area contributed by atoms with E-state index in [1.807, 2.05) is 53.1 Å². The summed E-state index contributed by atoms with van der Waals surface area (Å²) in [7, 11) is 0. The van der Waals surface area contributed by atoms with E-state index in [0.717, 1.165) is 49.2 Å². The lowest BCUT2D eigenvalue weighted by atomic mass is 9.84. The van der Waals surface area contributed by atoms with Gasteiger partial charge in [0.25, 0.3) is 5.91 Å². The number of likely N-dealkylation sites (tertiary alicyclic amines) is 2. The van der Waals surface area contributed by atoms with Gasteiger partial charge in [0.1, 0.15) is 6.33 Å². The number of carbonyl (C=O) groups excluding carboxylic acids is 2. The number of hydrogen-bond acceptors (Lipinski definition) is 5. The number of rotatable bonds is 5. The maximum atomic E-state index is 13.0. The van der Waals surface area contributed by atoms with Crippen LogP contribution in [0.1, 0.15) is 41.0 Å². The monoisotopic (exact) mass is 458 g/mol. The summed E-state index contributed by atoms with van der Waals surface area (Å²) in [6.45, 7) is 4.99. The van der Waals surface area contributed by atoms with E-state index in [4.69, 9.17) is 0 Å². The second-order valence-electron chi connectivity index (χ2n) is 9.44.